The lowest BCUT2D eigenvalue weighted by Crippen LogP contribution is -2.53. The van der Waals surface area contributed by atoms with E-state index in [1.54, 1.807) is 12.3 Å². The van der Waals surface area contributed by atoms with Gasteiger partial charge < -0.3 is 24.6 Å². The first-order valence-electron chi connectivity index (χ1n) is 16.3. The maximum absolute atomic E-state index is 13.9. The van der Waals surface area contributed by atoms with Gasteiger partial charge >= 0.3 is 5.97 Å². The SMILES string of the molecule is C[C@@H](COc1c(Cl)cnc2c1[C@H](C)CCC2)CC1Cc2cc3c(cc2C12CCC(Nc1ccc(F)c(Cl)c1)(C(=O)O)CC2)OCO3. The molecule has 244 valence electrons. The third kappa shape index (κ3) is 5.45. The largest absolute Gasteiger partial charge is 0.491 e. The molecular formula is C36H39Cl2FN2O5. The molecule has 1 aromatic heterocycles. The highest BCUT2D eigenvalue weighted by Crippen LogP contribution is 2.58. The number of nitrogens with one attached hydrogen (secondary N) is 1. The van der Waals surface area contributed by atoms with E-state index in [1.807, 2.05) is 0 Å². The number of benzene rings is 2. The van der Waals surface area contributed by atoms with Crippen LogP contribution in [0.1, 0.15) is 87.1 Å². The Hall–Kier alpha value is -3.23. The number of hydrogen-bond acceptors (Lipinski definition) is 6. The summed E-state index contributed by atoms with van der Waals surface area (Å²) in [5, 5.41) is 14.3. The Labute approximate surface area is 278 Å². The second-order valence-electron chi connectivity index (χ2n) is 13.8. The van der Waals surface area contributed by atoms with Crippen molar-refractivity contribution in [1.29, 1.82) is 0 Å². The summed E-state index contributed by atoms with van der Waals surface area (Å²) < 4.78 is 31.9. The number of rotatable bonds is 8. The number of aliphatic carboxylic acids is 1. The van der Waals surface area contributed by atoms with E-state index >= 15 is 0 Å². The molecule has 1 spiro atoms. The molecule has 2 aromatic carbocycles. The van der Waals surface area contributed by atoms with Gasteiger partial charge in [-0.15, -0.1) is 0 Å². The molecule has 1 unspecified atom stereocenters. The third-order valence-electron chi connectivity index (χ3n) is 10.9. The highest BCUT2D eigenvalue weighted by molar-refractivity contribution is 6.32. The van der Waals surface area contributed by atoms with Crippen LogP contribution < -0.4 is 19.5 Å². The summed E-state index contributed by atoms with van der Waals surface area (Å²) in [6, 6.07) is 8.50. The van der Waals surface area contributed by atoms with E-state index in [4.69, 9.17) is 37.4 Å². The van der Waals surface area contributed by atoms with Crippen LogP contribution in [0.3, 0.4) is 0 Å². The van der Waals surface area contributed by atoms with E-state index in [2.05, 4.69) is 36.3 Å². The number of nitrogens with zero attached hydrogens (tertiary/aromatic N) is 1. The predicted molar refractivity (Wildman–Crippen MR) is 175 cm³/mol. The van der Waals surface area contributed by atoms with Gasteiger partial charge in [-0.1, -0.05) is 37.0 Å². The smallest absolute Gasteiger partial charge is 0.329 e. The summed E-state index contributed by atoms with van der Waals surface area (Å²) in [5.41, 5.74) is 3.79. The molecule has 1 fully saturated rings. The molecule has 7 rings (SSSR count). The van der Waals surface area contributed by atoms with Crippen LogP contribution in [-0.4, -0.2) is 35.0 Å². The molecular weight excluding hydrogens is 630 g/mol. The van der Waals surface area contributed by atoms with Gasteiger partial charge in [-0.3, -0.25) is 4.98 Å². The summed E-state index contributed by atoms with van der Waals surface area (Å²) in [6.45, 7) is 5.17. The average Bonchev–Trinajstić information content (AvgIpc) is 3.60. The zero-order valence-corrected chi connectivity index (χ0v) is 27.6. The minimum Gasteiger partial charge on any atom is -0.491 e. The minimum atomic E-state index is -1.20. The monoisotopic (exact) mass is 668 g/mol. The van der Waals surface area contributed by atoms with Crippen molar-refractivity contribution in [2.45, 2.75) is 88.5 Å². The molecule has 4 aliphatic rings. The molecule has 3 aromatic rings. The van der Waals surface area contributed by atoms with Crippen LogP contribution in [0.25, 0.3) is 0 Å². The van der Waals surface area contributed by atoms with Crippen molar-refractivity contribution in [1.82, 2.24) is 4.98 Å². The second-order valence-corrected chi connectivity index (χ2v) is 14.6. The molecule has 2 N–H and O–H groups in total. The van der Waals surface area contributed by atoms with Crippen molar-refractivity contribution in [3.05, 3.63) is 74.8 Å². The van der Waals surface area contributed by atoms with Crippen molar-refractivity contribution >= 4 is 34.9 Å². The molecule has 1 saturated carbocycles. The van der Waals surface area contributed by atoms with Gasteiger partial charge in [0.2, 0.25) is 6.79 Å². The molecule has 0 saturated heterocycles. The minimum absolute atomic E-state index is 0.0436. The van der Waals surface area contributed by atoms with Crippen LogP contribution in [0.15, 0.2) is 36.5 Å². The molecule has 3 atom stereocenters. The van der Waals surface area contributed by atoms with E-state index in [-0.39, 0.29) is 29.1 Å². The van der Waals surface area contributed by atoms with Gasteiger partial charge in [0.15, 0.2) is 11.5 Å². The quantitative estimate of drug-likeness (QED) is 0.248. The number of anilines is 1. The molecule has 46 heavy (non-hydrogen) atoms. The topological polar surface area (TPSA) is 89.9 Å². The lowest BCUT2D eigenvalue weighted by atomic mass is 9.59. The zero-order chi connectivity index (χ0) is 32.2. The number of aromatic nitrogens is 1. The van der Waals surface area contributed by atoms with Crippen LogP contribution >= 0.6 is 23.2 Å². The highest BCUT2D eigenvalue weighted by Gasteiger charge is 2.54. The molecule has 7 nitrogen and oxygen atoms in total. The van der Waals surface area contributed by atoms with Crippen molar-refractivity contribution < 1.29 is 28.5 Å². The van der Waals surface area contributed by atoms with E-state index in [0.717, 1.165) is 60.6 Å². The number of pyridine rings is 1. The van der Waals surface area contributed by atoms with E-state index < -0.39 is 17.3 Å². The fourth-order valence-corrected chi connectivity index (χ4v) is 8.91. The van der Waals surface area contributed by atoms with Crippen molar-refractivity contribution in [3.8, 4) is 17.2 Å². The Bertz CT molecular complexity index is 1670. The number of carboxylic acids is 1. The maximum Gasteiger partial charge on any atom is 0.329 e. The molecule has 2 heterocycles. The summed E-state index contributed by atoms with van der Waals surface area (Å²) in [7, 11) is 0. The molecule has 0 bridgehead atoms. The first kappa shape index (κ1) is 31.4. The van der Waals surface area contributed by atoms with Crippen LogP contribution in [0, 0.1) is 17.7 Å². The van der Waals surface area contributed by atoms with Gasteiger partial charge in [-0.25, -0.2) is 9.18 Å². The first-order chi connectivity index (χ1) is 22.1. The Morgan fingerprint density at radius 2 is 1.91 bits per heavy atom. The van der Waals surface area contributed by atoms with Crippen molar-refractivity contribution in [2.24, 2.45) is 11.8 Å². The third-order valence-corrected chi connectivity index (χ3v) is 11.5. The number of carbonyl (C=O) groups is 1. The number of carboxylic acid groups (broad SMARTS) is 1. The number of fused-ring (bicyclic) bond motifs is 4. The van der Waals surface area contributed by atoms with Crippen LogP contribution in [0.5, 0.6) is 17.2 Å². The molecule has 1 aliphatic heterocycles. The van der Waals surface area contributed by atoms with E-state index in [1.165, 1.54) is 23.3 Å². The predicted octanol–water partition coefficient (Wildman–Crippen LogP) is 8.72. The highest BCUT2D eigenvalue weighted by atomic mass is 35.5. The Balaban J connectivity index is 1.14. The Morgan fingerprint density at radius 3 is 2.65 bits per heavy atom. The zero-order valence-electron chi connectivity index (χ0n) is 26.1. The number of ether oxygens (including phenoxy) is 3. The molecule has 10 heteroatoms. The average molecular weight is 670 g/mol. The van der Waals surface area contributed by atoms with Gasteiger partial charge in [0, 0.05) is 23.1 Å². The fourth-order valence-electron chi connectivity index (χ4n) is 8.53. The van der Waals surface area contributed by atoms with Gasteiger partial charge in [0.05, 0.1) is 11.6 Å². The van der Waals surface area contributed by atoms with Crippen LogP contribution in [0.2, 0.25) is 10.0 Å². The fraction of sp³-hybridized carbons (Fsp3) is 0.500. The Kier molecular flexibility index (Phi) is 8.25. The van der Waals surface area contributed by atoms with Gasteiger partial charge in [-0.2, -0.15) is 0 Å². The number of hydrogen-bond donors (Lipinski definition) is 2. The summed E-state index contributed by atoms with van der Waals surface area (Å²) >= 11 is 12.7. The molecule has 3 aliphatic carbocycles. The van der Waals surface area contributed by atoms with E-state index in [9.17, 15) is 14.3 Å². The Morgan fingerprint density at radius 1 is 1.15 bits per heavy atom. The standard InChI is InChI=1S/C36H39Cl2FN2O5/c1-20(18-44-33-27(38)17-40-29-5-3-4-21(2)32(29)33)12-23-13-22-14-30-31(46-19-45-30)16-25(22)35(23)8-10-36(11-9-35,34(42)43)41-24-6-7-28(39)26(37)15-24/h6-7,14-17,20-21,23,41H,3-5,8-13,18-19H2,1-2H3,(H,42,43)/t20-,21-,23?,35?,36?/m1/s1. The summed E-state index contributed by atoms with van der Waals surface area (Å²) in [4.78, 5) is 17.4. The number of halogens is 3. The van der Waals surface area contributed by atoms with Crippen molar-refractivity contribution in [2.75, 3.05) is 18.7 Å². The van der Waals surface area contributed by atoms with Crippen LogP contribution in [-0.2, 0) is 23.1 Å². The van der Waals surface area contributed by atoms with Gasteiger partial charge in [0.1, 0.15) is 22.1 Å². The summed E-state index contributed by atoms with van der Waals surface area (Å²) in [6.07, 6.45) is 8.83. The van der Waals surface area contributed by atoms with Gasteiger partial charge in [0.25, 0.3) is 0 Å². The second kappa shape index (κ2) is 12.1. The molecule has 0 radical (unpaired) electrons. The first-order valence-corrected chi connectivity index (χ1v) is 17.0. The molecule has 0 amide bonds. The summed E-state index contributed by atoms with van der Waals surface area (Å²) in [5.74, 6) is 1.68. The lowest BCUT2D eigenvalue weighted by Gasteiger charge is -2.47. The van der Waals surface area contributed by atoms with Crippen molar-refractivity contribution in [3.63, 3.8) is 0 Å². The normalized spacial score (nSPS) is 26.8. The maximum atomic E-state index is 13.9. The van der Waals surface area contributed by atoms with Gasteiger partial charge in [-0.05, 0) is 122 Å². The number of aryl methyl sites for hydroxylation is 1. The van der Waals surface area contributed by atoms with Crippen LogP contribution in [0.4, 0.5) is 10.1 Å². The van der Waals surface area contributed by atoms with E-state index in [0.29, 0.717) is 48.9 Å². The lowest BCUT2D eigenvalue weighted by molar-refractivity contribution is -0.144.